The molecule has 3 aromatic rings. The number of carbonyl (C=O) groups is 1. The number of nitrogens with one attached hydrogen (secondary N) is 1. The second-order valence-corrected chi connectivity index (χ2v) is 6.51. The summed E-state index contributed by atoms with van der Waals surface area (Å²) in [6.45, 7) is 2.35. The van der Waals surface area contributed by atoms with E-state index in [1.807, 2.05) is 5.38 Å². The Morgan fingerprint density at radius 3 is 2.92 bits per heavy atom. The van der Waals surface area contributed by atoms with Crippen LogP contribution >= 0.6 is 11.3 Å². The van der Waals surface area contributed by atoms with E-state index in [4.69, 9.17) is 0 Å². The summed E-state index contributed by atoms with van der Waals surface area (Å²) < 4.78 is 1.73. The van der Waals surface area contributed by atoms with Gasteiger partial charge >= 0.3 is 0 Å². The van der Waals surface area contributed by atoms with E-state index in [9.17, 15) is 4.79 Å². The maximum atomic E-state index is 12.4. The molecular formula is C15H17N7OS. The van der Waals surface area contributed by atoms with E-state index in [-0.39, 0.29) is 5.91 Å². The van der Waals surface area contributed by atoms with Crippen molar-refractivity contribution in [3.63, 3.8) is 0 Å². The zero-order valence-electron chi connectivity index (χ0n) is 13.1. The molecule has 0 bridgehead atoms. The third-order valence-electron chi connectivity index (χ3n) is 4.08. The van der Waals surface area contributed by atoms with Crippen molar-refractivity contribution in [1.82, 2.24) is 29.9 Å². The van der Waals surface area contributed by atoms with Gasteiger partial charge in [0.05, 0.1) is 12.2 Å². The first-order valence-corrected chi connectivity index (χ1v) is 8.80. The number of thiazole rings is 1. The third kappa shape index (κ3) is 2.94. The Kier molecular flexibility index (Phi) is 4.08. The SMILES string of the molecule is O=C(NCc1csc2ncnn12)c1cc(N2CCCCC2)ncn1. The van der Waals surface area contributed by atoms with E-state index in [2.05, 4.69) is 30.3 Å². The van der Waals surface area contributed by atoms with Crippen molar-refractivity contribution in [2.75, 3.05) is 18.0 Å². The molecule has 9 heteroatoms. The molecule has 0 saturated carbocycles. The van der Waals surface area contributed by atoms with E-state index < -0.39 is 0 Å². The smallest absolute Gasteiger partial charge is 0.270 e. The van der Waals surface area contributed by atoms with Crippen LogP contribution in [0.1, 0.15) is 35.4 Å². The highest BCUT2D eigenvalue weighted by molar-refractivity contribution is 7.15. The van der Waals surface area contributed by atoms with Crippen LogP contribution in [0.25, 0.3) is 4.96 Å². The molecule has 0 aromatic carbocycles. The largest absolute Gasteiger partial charge is 0.357 e. The van der Waals surface area contributed by atoms with Gasteiger partial charge in [-0.1, -0.05) is 0 Å². The van der Waals surface area contributed by atoms with Crippen LogP contribution in [0.2, 0.25) is 0 Å². The van der Waals surface area contributed by atoms with Gasteiger partial charge in [-0.15, -0.1) is 11.3 Å². The summed E-state index contributed by atoms with van der Waals surface area (Å²) in [5, 5.41) is 8.96. The van der Waals surface area contributed by atoms with Crippen LogP contribution in [0.15, 0.2) is 24.1 Å². The van der Waals surface area contributed by atoms with Crippen molar-refractivity contribution in [2.45, 2.75) is 25.8 Å². The third-order valence-corrected chi connectivity index (χ3v) is 4.96. The second-order valence-electron chi connectivity index (χ2n) is 5.67. The number of hydrogen-bond acceptors (Lipinski definition) is 7. The summed E-state index contributed by atoms with van der Waals surface area (Å²) in [6.07, 6.45) is 6.55. The van der Waals surface area contributed by atoms with Gasteiger partial charge < -0.3 is 10.2 Å². The lowest BCUT2D eigenvalue weighted by Gasteiger charge is -2.27. The van der Waals surface area contributed by atoms with Crippen LogP contribution in [0.3, 0.4) is 0 Å². The van der Waals surface area contributed by atoms with Gasteiger partial charge in [0.15, 0.2) is 0 Å². The van der Waals surface area contributed by atoms with E-state index in [0.717, 1.165) is 42.4 Å². The fourth-order valence-corrected chi connectivity index (χ4v) is 3.62. The van der Waals surface area contributed by atoms with E-state index in [0.29, 0.717) is 12.2 Å². The Morgan fingerprint density at radius 1 is 1.17 bits per heavy atom. The van der Waals surface area contributed by atoms with Crippen molar-refractivity contribution >= 4 is 28.0 Å². The Balaban J connectivity index is 1.45. The average Bonchev–Trinajstić information content (AvgIpc) is 3.25. The van der Waals surface area contributed by atoms with Crippen LogP contribution in [0.5, 0.6) is 0 Å². The molecule has 4 rings (SSSR count). The van der Waals surface area contributed by atoms with E-state index in [1.54, 1.807) is 10.6 Å². The number of nitrogens with zero attached hydrogens (tertiary/aromatic N) is 6. The molecule has 124 valence electrons. The fourth-order valence-electron chi connectivity index (χ4n) is 2.82. The summed E-state index contributed by atoms with van der Waals surface area (Å²) >= 11 is 1.50. The van der Waals surface area contributed by atoms with Crippen LogP contribution in [0, 0.1) is 0 Å². The molecule has 0 spiro atoms. The molecule has 1 N–H and O–H groups in total. The predicted molar refractivity (Wildman–Crippen MR) is 90.1 cm³/mol. The second kappa shape index (κ2) is 6.52. The molecule has 0 unspecified atom stereocenters. The molecule has 1 amide bonds. The van der Waals surface area contributed by atoms with Gasteiger partial charge in [0.1, 0.15) is 24.2 Å². The Hall–Kier alpha value is -2.55. The minimum atomic E-state index is -0.213. The van der Waals surface area contributed by atoms with Gasteiger partial charge in [0.25, 0.3) is 5.91 Å². The monoisotopic (exact) mass is 343 g/mol. The zero-order valence-corrected chi connectivity index (χ0v) is 13.9. The van der Waals surface area contributed by atoms with Gasteiger partial charge in [-0.05, 0) is 19.3 Å². The summed E-state index contributed by atoms with van der Waals surface area (Å²) in [5.41, 5.74) is 1.28. The quantitative estimate of drug-likeness (QED) is 0.772. The number of amides is 1. The number of rotatable bonds is 4. The molecular weight excluding hydrogens is 326 g/mol. The summed E-state index contributed by atoms with van der Waals surface area (Å²) in [5.74, 6) is 0.610. The molecule has 0 radical (unpaired) electrons. The molecule has 24 heavy (non-hydrogen) atoms. The first kappa shape index (κ1) is 15.0. The molecule has 0 atom stereocenters. The van der Waals surface area contributed by atoms with Gasteiger partial charge in [-0.3, -0.25) is 4.79 Å². The summed E-state index contributed by atoms with van der Waals surface area (Å²) in [4.78, 5) is 27.9. The van der Waals surface area contributed by atoms with Crippen molar-refractivity contribution in [3.8, 4) is 0 Å². The van der Waals surface area contributed by atoms with E-state index >= 15 is 0 Å². The summed E-state index contributed by atoms with van der Waals surface area (Å²) in [7, 11) is 0. The molecule has 8 nitrogen and oxygen atoms in total. The Morgan fingerprint density at radius 2 is 2.04 bits per heavy atom. The number of fused-ring (bicyclic) bond motifs is 1. The molecule has 4 heterocycles. The number of aromatic nitrogens is 5. The average molecular weight is 343 g/mol. The lowest BCUT2D eigenvalue weighted by Crippen LogP contribution is -2.31. The number of hydrogen-bond donors (Lipinski definition) is 1. The van der Waals surface area contributed by atoms with Crippen molar-refractivity contribution in [3.05, 3.63) is 35.5 Å². The van der Waals surface area contributed by atoms with Gasteiger partial charge in [-0.25, -0.2) is 19.5 Å². The highest BCUT2D eigenvalue weighted by atomic mass is 32.1. The predicted octanol–water partition coefficient (Wildman–Crippen LogP) is 1.50. The highest BCUT2D eigenvalue weighted by Crippen LogP contribution is 2.17. The molecule has 0 aliphatic carbocycles. The molecule has 3 aromatic heterocycles. The van der Waals surface area contributed by atoms with Crippen LogP contribution in [-0.2, 0) is 6.54 Å². The molecule has 1 aliphatic heterocycles. The topological polar surface area (TPSA) is 88.3 Å². The van der Waals surface area contributed by atoms with Gasteiger partial charge in [0.2, 0.25) is 4.96 Å². The van der Waals surface area contributed by atoms with E-state index in [1.165, 1.54) is 30.4 Å². The first-order chi connectivity index (χ1) is 11.8. The summed E-state index contributed by atoms with van der Waals surface area (Å²) in [6, 6.07) is 1.76. The minimum Gasteiger partial charge on any atom is -0.357 e. The maximum absolute atomic E-state index is 12.4. The molecule has 1 saturated heterocycles. The number of piperidine rings is 1. The number of anilines is 1. The van der Waals surface area contributed by atoms with Crippen molar-refractivity contribution in [1.29, 1.82) is 0 Å². The Bertz CT molecular complexity index is 852. The zero-order chi connectivity index (χ0) is 16.4. The number of carbonyl (C=O) groups excluding carboxylic acids is 1. The minimum absolute atomic E-state index is 0.213. The normalized spacial score (nSPS) is 14.9. The first-order valence-electron chi connectivity index (χ1n) is 7.92. The molecule has 1 fully saturated rings. The van der Waals surface area contributed by atoms with Crippen molar-refractivity contribution in [2.24, 2.45) is 0 Å². The lowest BCUT2D eigenvalue weighted by atomic mass is 10.1. The lowest BCUT2D eigenvalue weighted by molar-refractivity contribution is 0.0945. The standard InChI is InChI=1S/C15H17N7OS/c23-14(16-7-11-8-24-15-19-10-20-22(11)15)12-6-13(18-9-17-12)21-4-2-1-3-5-21/h6,8-10H,1-5,7H2,(H,16,23). The van der Waals surface area contributed by atoms with Crippen LogP contribution in [0.4, 0.5) is 5.82 Å². The Labute approximate surface area is 142 Å². The highest BCUT2D eigenvalue weighted by Gasteiger charge is 2.15. The van der Waals surface area contributed by atoms with Crippen LogP contribution < -0.4 is 10.2 Å². The van der Waals surface area contributed by atoms with Gasteiger partial charge in [0, 0.05) is 24.5 Å². The van der Waals surface area contributed by atoms with Crippen LogP contribution in [-0.4, -0.2) is 43.6 Å². The van der Waals surface area contributed by atoms with Gasteiger partial charge in [-0.2, -0.15) is 5.10 Å². The van der Waals surface area contributed by atoms with Crippen molar-refractivity contribution < 1.29 is 4.79 Å². The fraction of sp³-hybridized carbons (Fsp3) is 0.400. The maximum Gasteiger partial charge on any atom is 0.270 e. The molecule has 1 aliphatic rings.